The van der Waals surface area contributed by atoms with Crippen LogP contribution in [0.15, 0.2) is 0 Å². The Morgan fingerprint density at radius 3 is 0.565 bits per heavy atom. The minimum absolute atomic E-state index is 0.499. The molecule has 0 saturated carbocycles. The molecule has 0 radical (unpaired) electrons. The van der Waals surface area contributed by atoms with Gasteiger partial charge in [-0.15, -0.1) is 0 Å². The van der Waals surface area contributed by atoms with Gasteiger partial charge < -0.3 is 0 Å². The van der Waals surface area contributed by atoms with Gasteiger partial charge in [-0.3, -0.25) is 0 Å². The first-order valence-corrected chi connectivity index (χ1v) is 6.11. The molecule has 0 bridgehead atoms. The van der Waals surface area contributed by atoms with Crippen LogP contribution in [-0.4, -0.2) is 39.3 Å². The Bertz CT molecular complexity index is 403. The largest absolute Gasteiger partial charge is 0.388 e. The topological polar surface area (TPSA) is 0 Å². The highest BCUT2D eigenvalue weighted by Crippen LogP contribution is 2.63. The molecule has 0 heterocycles. The van der Waals surface area contributed by atoms with Crippen molar-refractivity contribution in [3.05, 3.63) is 0 Å². The van der Waals surface area contributed by atoms with E-state index in [9.17, 15) is 61.5 Å². The Hall–Kier alpha value is -0.0200. The monoisotopic (exact) mass is 508 g/mol. The average molecular weight is 510 g/mol. The summed E-state index contributed by atoms with van der Waals surface area (Å²) in [5, 5.41) is 0. The molecule has 0 aromatic heterocycles. The van der Waals surface area contributed by atoms with E-state index < -0.39 is 39.3 Å². The fourth-order valence-corrected chi connectivity index (χ4v) is 1.45. The van der Waals surface area contributed by atoms with Gasteiger partial charge >= 0.3 is 39.3 Å². The molecule has 0 fully saturated rings. The molecule has 0 atom stereocenters. The van der Waals surface area contributed by atoms with E-state index in [0.29, 0.717) is 31.9 Å². The van der Waals surface area contributed by atoms with E-state index in [1.807, 2.05) is 0 Å². The van der Waals surface area contributed by atoms with Crippen LogP contribution in [0.2, 0.25) is 0 Å². The van der Waals surface area contributed by atoms with E-state index in [2.05, 4.69) is 0 Å². The summed E-state index contributed by atoms with van der Waals surface area (Å²) in [5.74, 6) is -38.5. The van der Waals surface area contributed by atoms with Crippen molar-refractivity contribution in [1.82, 2.24) is 0 Å². The van der Waals surface area contributed by atoms with Crippen molar-refractivity contribution in [3.8, 4) is 0 Å². The van der Waals surface area contributed by atoms with Crippen molar-refractivity contribution < 1.29 is 61.5 Å². The van der Waals surface area contributed by atoms with Gasteiger partial charge in [-0.05, 0) is 31.9 Å². The fourth-order valence-electron chi connectivity index (χ4n) is 0.948. The summed E-state index contributed by atoms with van der Waals surface area (Å²) >= 11 is 0.997. The number of hydrogen-bond donors (Lipinski definition) is 0. The Labute approximate surface area is 133 Å². The van der Waals surface area contributed by atoms with Crippen LogP contribution in [0.25, 0.3) is 0 Å². The zero-order valence-corrected chi connectivity index (χ0v) is 12.7. The van der Waals surface area contributed by atoms with Gasteiger partial charge in [-0.2, -0.15) is 61.5 Å². The Morgan fingerprint density at radius 2 is 0.435 bits per heavy atom. The van der Waals surface area contributed by atoms with Crippen LogP contribution >= 0.6 is 31.9 Å². The van der Waals surface area contributed by atoms with Crippen LogP contribution < -0.4 is 0 Å². The molecular formula is C7Br2F14. The molecule has 0 aromatic rings. The average Bonchev–Trinajstić information content (AvgIpc) is 2.24. The standard InChI is InChI=1S/C7Br2F14/c8-6(20,21)4(16,17)2(12,13)1(10,11)3(14,15)5(18,19)7(9,22)23. The first-order chi connectivity index (χ1) is 9.50. The van der Waals surface area contributed by atoms with Crippen molar-refractivity contribution in [2.45, 2.75) is 39.3 Å². The van der Waals surface area contributed by atoms with Crippen LogP contribution in [0.4, 0.5) is 61.5 Å². The van der Waals surface area contributed by atoms with E-state index in [-0.39, 0.29) is 0 Å². The van der Waals surface area contributed by atoms with Gasteiger partial charge in [0.25, 0.3) is 0 Å². The molecule has 0 aliphatic carbocycles. The second-order valence-electron chi connectivity index (χ2n) is 3.87. The molecule has 0 saturated heterocycles. The lowest BCUT2D eigenvalue weighted by Crippen LogP contribution is -2.71. The lowest BCUT2D eigenvalue weighted by molar-refractivity contribution is -0.426. The zero-order valence-electron chi connectivity index (χ0n) is 9.55. The zero-order chi connectivity index (χ0) is 19.5. The molecule has 0 N–H and O–H groups in total. The maximum atomic E-state index is 12.9. The van der Waals surface area contributed by atoms with E-state index in [0.717, 1.165) is 0 Å². The molecule has 0 aliphatic heterocycles. The molecule has 0 rings (SSSR count). The van der Waals surface area contributed by atoms with Gasteiger partial charge in [-0.1, -0.05) is 0 Å². The molecule has 0 aromatic carbocycles. The SMILES string of the molecule is FC(F)(Br)C(F)(F)C(F)(F)C(F)(F)C(F)(F)C(F)(F)C(F)(F)Br. The third-order valence-corrected chi connectivity index (χ3v) is 3.29. The number of rotatable bonds is 6. The predicted molar refractivity (Wildman–Crippen MR) is 52.5 cm³/mol. The van der Waals surface area contributed by atoms with Crippen molar-refractivity contribution >= 4 is 31.9 Å². The summed E-state index contributed by atoms with van der Waals surface area (Å²) < 4.78 is 176. The summed E-state index contributed by atoms with van der Waals surface area (Å²) in [5.41, 5.74) is 0. The van der Waals surface area contributed by atoms with Crippen LogP contribution in [0.1, 0.15) is 0 Å². The predicted octanol–water partition coefficient (Wildman–Crippen LogP) is 6.14. The maximum absolute atomic E-state index is 12.9. The normalized spacial score (nSPS) is 16.7. The summed E-state index contributed by atoms with van der Waals surface area (Å²) in [4.78, 5) is -12.5. The molecule has 16 heteroatoms. The Kier molecular flexibility index (Phi) is 5.48. The minimum atomic E-state index is -8.01. The second kappa shape index (κ2) is 5.49. The highest BCUT2D eigenvalue weighted by atomic mass is 79.9. The number of halogens is 16. The van der Waals surface area contributed by atoms with Crippen LogP contribution in [0.3, 0.4) is 0 Å². The van der Waals surface area contributed by atoms with Gasteiger partial charge in [-0.25, -0.2) is 0 Å². The van der Waals surface area contributed by atoms with Crippen molar-refractivity contribution in [2.75, 3.05) is 0 Å². The second-order valence-corrected chi connectivity index (χ2v) is 5.86. The quantitative estimate of drug-likeness (QED) is 0.298. The molecule has 0 amide bonds. The highest BCUT2D eigenvalue weighted by molar-refractivity contribution is 9.10. The lowest BCUT2D eigenvalue weighted by atomic mass is 9.94. The maximum Gasteiger partial charge on any atom is 0.388 e. The van der Waals surface area contributed by atoms with Gasteiger partial charge in [0.05, 0.1) is 0 Å². The summed E-state index contributed by atoms with van der Waals surface area (Å²) in [6.45, 7) is 0. The Balaban J connectivity index is 6.37. The molecule has 0 unspecified atom stereocenters. The summed E-state index contributed by atoms with van der Waals surface area (Å²) in [7, 11) is 0. The van der Waals surface area contributed by atoms with Crippen LogP contribution in [0, 0.1) is 0 Å². The van der Waals surface area contributed by atoms with E-state index in [1.54, 1.807) is 0 Å². The molecule has 140 valence electrons. The van der Waals surface area contributed by atoms with Crippen molar-refractivity contribution in [3.63, 3.8) is 0 Å². The highest BCUT2D eigenvalue weighted by Gasteiger charge is 2.92. The first-order valence-electron chi connectivity index (χ1n) is 4.52. The van der Waals surface area contributed by atoms with Gasteiger partial charge in [0.15, 0.2) is 0 Å². The summed E-state index contributed by atoms with van der Waals surface area (Å²) in [6.07, 6.45) is 0. The number of hydrogen-bond acceptors (Lipinski definition) is 0. The van der Waals surface area contributed by atoms with Crippen molar-refractivity contribution in [1.29, 1.82) is 0 Å². The van der Waals surface area contributed by atoms with Gasteiger partial charge in [0, 0.05) is 0 Å². The van der Waals surface area contributed by atoms with E-state index in [1.165, 1.54) is 0 Å². The minimum Gasteiger partial charge on any atom is -0.192 e. The molecular weight excluding hydrogens is 510 g/mol. The lowest BCUT2D eigenvalue weighted by Gasteiger charge is -2.40. The smallest absolute Gasteiger partial charge is 0.192 e. The molecule has 0 spiro atoms. The van der Waals surface area contributed by atoms with Crippen molar-refractivity contribution in [2.24, 2.45) is 0 Å². The summed E-state index contributed by atoms with van der Waals surface area (Å²) in [6, 6.07) is 0. The van der Waals surface area contributed by atoms with Gasteiger partial charge in [0.1, 0.15) is 0 Å². The van der Waals surface area contributed by atoms with Crippen LogP contribution in [0.5, 0.6) is 0 Å². The van der Waals surface area contributed by atoms with Crippen LogP contribution in [-0.2, 0) is 0 Å². The molecule has 0 nitrogen and oxygen atoms in total. The Morgan fingerprint density at radius 1 is 0.304 bits per heavy atom. The van der Waals surface area contributed by atoms with E-state index >= 15 is 0 Å². The van der Waals surface area contributed by atoms with Gasteiger partial charge in [0.2, 0.25) is 0 Å². The third-order valence-electron chi connectivity index (χ3n) is 2.29. The van der Waals surface area contributed by atoms with E-state index in [4.69, 9.17) is 0 Å². The third kappa shape index (κ3) is 3.01. The fraction of sp³-hybridized carbons (Fsp3) is 1.00. The first kappa shape index (κ1) is 23.0. The number of alkyl halides is 16. The molecule has 23 heavy (non-hydrogen) atoms. The molecule has 0 aliphatic rings.